The number of hydrogen-bond acceptors (Lipinski definition) is 8. The number of rotatable bonds is 8. The number of benzene rings is 3. The van der Waals surface area contributed by atoms with Crippen molar-refractivity contribution < 1.29 is 33.3 Å². The van der Waals surface area contributed by atoms with Crippen LogP contribution < -0.4 is 0 Å². The zero-order chi connectivity index (χ0) is 25.3. The van der Waals surface area contributed by atoms with Gasteiger partial charge in [0.25, 0.3) is 0 Å². The molecule has 1 saturated heterocycles. The molecule has 0 saturated carbocycles. The van der Waals surface area contributed by atoms with Gasteiger partial charge in [-0.2, -0.15) is 0 Å². The number of ether oxygens (including phenoxy) is 4. The summed E-state index contributed by atoms with van der Waals surface area (Å²) in [5.41, 5.74) is 9.84. The number of esters is 3. The molecule has 1 aliphatic heterocycles. The first kappa shape index (κ1) is 24.5. The molecule has 1 aliphatic rings. The average molecular weight is 487 g/mol. The second-order valence-electron chi connectivity index (χ2n) is 7.71. The van der Waals surface area contributed by atoms with Crippen LogP contribution in [0, 0.1) is 0 Å². The Morgan fingerprint density at radius 2 is 1.17 bits per heavy atom. The summed E-state index contributed by atoms with van der Waals surface area (Å²) in [7, 11) is 0. The van der Waals surface area contributed by atoms with Crippen LogP contribution in [0.25, 0.3) is 10.4 Å². The molecule has 4 atom stereocenters. The monoisotopic (exact) mass is 487 g/mol. The van der Waals surface area contributed by atoms with Crippen molar-refractivity contribution in [2.75, 3.05) is 6.61 Å². The van der Waals surface area contributed by atoms with E-state index in [1.807, 2.05) is 0 Å². The molecule has 10 heteroatoms. The Kier molecular flexibility index (Phi) is 7.92. The van der Waals surface area contributed by atoms with Crippen molar-refractivity contribution in [2.45, 2.75) is 24.5 Å². The van der Waals surface area contributed by atoms with Crippen LogP contribution in [0.15, 0.2) is 96.1 Å². The maximum Gasteiger partial charge on any atom is 0.338 e. The van der Waals surface area contributed by atoms with Crippen molar-refractivity contribution in [1.82, 2.24) is 0 Å². The molecule has 3 aromatic rings. The van der Waals surface area contributed by atoms with Crippen molar-refractivity contribution >= 4 is 17.9 Å². The summed E-state index contributed by atoms with van der Waals surface area (Å²) < 4.78 is 22.3. The maximum atomic E-state index is 12.8. The van der Waals surface area contributed by atoms with Crippen molar-refractivity contribution in [3.63, 3.8) is 0 Å². The molecular formula is C26H21N3O7. The first-order valence-electron chi connectivity index (χ1n) is 11.0. The predicted molar refractivity (Wildman–Crippen MR) is 126 cm³/mol. The third-order valence-electron chi connectivity index (χ3n) is 5.34. The third-order valence-corrected chi connectivity index (χ3v) is 5.34. The molecule has 0 spiro atoms. The summed E-state index contributed by atoms with van der Waals surface area (Å²) in [5, 5.41) is 3.57. The molecule has 0 amide bonds. The lowest BCUT2D eigenvalue weighted by Crippen LogP contribution is -2.41. The van der Waals surface area contributed by atoms with Gasteiger partial charge in [-0.3, -0.25) is 0 Å². The minimum Gasteiger partial charge on any atom is -0.459 e. The van der Waals surface area contributed by atoms with Crippen LogP contribution >= 0.6 is 0 Å². The van der Waals surface area contributed by atoms with Crippen LogP contribution in [0.3, 0.4) is 0 Å². The van der Waals surface area contributed by atoms with Gasteiger partial charge in [0.05, 0.1) is 16.7 Å². The van der Waals surface area contributed by atoms with Crippen molar-refractivity contribution in [3.8, 4) is 0 Å². The van der Waals surface area contributed by atoms with Gasteiger partial charge in [-0.05, 0) is 41.9 Å². The van der Waals surface area contributed by atoms with Crippen LogP contribution in [0.4, 0.5) is 0 Å². The van der Waals surface area contributed by atoms with E-state index in [2.05, 4.69) is 10.0 Å². The molecule has 3 aromatic carbocycles. The lowest BCUT2D eigenvalue weighted by atomic mass is 10.1. The first-order valence-corrected chi connectivity index (χ1v) is 11.0. The van der Waals surface area contributed by atoms with Crippen LogP contribution in [0.1, 0.15) is 31.1 Å². The van der Waals surface area contributed by atoms with Crippen LogP contribution in [-0.2, 0) is 18.9 Å². The van der Waals surface area contributed by atoms with E-state index in [0.29, 0.717) is 5.56 Å². The number of carbonyl (C=O) groups excluding carboxylic acids is 3. The van der Waals surface area contributed by atoms with E-state index in [9.17, 15) is 14.4 Å². The van der Waals surface area contributed by atoms with E-state index in [0.717, 1.165) is 0 Å². The van der Waals surface area contributed by atoms with Crippen LogP contribution in [0.5, 0.6) is 0 Å². The second kappa shape index (κ2) is 11.7. The quantitative estimate of drug-likeness (QED) is 0.152. The fourth-order valence-electron chi connectivity index (χ4n) is 3.60. The summed E-state index contributed by atoms with van der Waals surface area (Å²) in [6.07, 6.45) is -4.92. The van der Waals surface area contributed by atoms with Gasteiger partial charge in [0.1, 0.15) is 12.7 Å². The molecule has 1 heterocycles. The first-order chi connectivity index (χ1) is 17.6. The van der Waals surface area contributed by atoms with Crippen molar-refractivity contribution in [3.05, 3.63) is 118 Å². The standard InChI is InChI=1S/C26H21N3O7/c27-29-28-23-22(36-26(32)19-14-8-3-9-15-19)21(35-25(31)18-12-6-2-7-13-18)20(34-23)16-33-24(30)17-10-4-1-5-11-17/h1-15,20-23H,16H2/t20-,21+,22-,23+/m1/s1. The van der Waals surface area contributed by atoms with Gasteiger partial charge in [0.15, 0.2) is 18.4 Å². The van der Waals surface area contributed by atoms with Crippen LogP contribution in [0.2, 0.25) is 0 Å². The Bertz CT molecular complexity index is 1250. The molecule has 0 aromatic heterocycles. The van der Waals surface area contributed by atoms with Crippen molar-refractivity contribution in [1.29, 1.82) is 0 Å². The summed E-state index contributed by atoms with van der Waals surface area (Å²) in [6, 6.07) is 24.6. The lowest BCUT2D eigenvalue weighted by molar-refractivity contribution is -0.0445. The second-order valence-corrected chi connectivity index (χ2v) is 7.71. The predicted octanol–water partition coefficient (Wildman–Crippen LogP) is 4.33. The summed E-state index contributed by atoms with van der Waals surface area (Å²) >= 11 is 0. The maximum absolute atomic E-state index is 12.8. The average Bonchev–Trinajstić information content (AvgIpc) is 3.24. The molecule has 0 bridgehead atoms. The summed E-state index contributed by atoms with van der Waals surface area (Å²) in [6.45, 7) is -0.350. The third kappa shape index (κ3) is 5.87. The highest BCUT2D eigenvalue weighted by molar-refractivity contribution is 5.91. The zero-order valence-corrected chi connectivity index (χ0v) is 18.9. The minimum absolute atomic E-state index is 0.240. The fourth-order valence-corrected chi connectivity index (χ4v) is 3.60. The SMILES string of the molecule is [N-]=[N+]=N[C@H]1O[C@H](COC(=O)c2ccccc2)[C@H](OC(=O)c2ccccc2)[C@H]1OC(=O)c1ccccc1. The Hall–Kier alpha value is -4.66. The highest BCUT2D eigenvalue weighted by atomic mass is 16.7. The van der Waals surface area contributed by atoms with Gasteiger partial charge in [-0.15, -0.1) is 0 Å². The Morgan fingerprint density at radius 3 is 1.64 bits per heavy atom. The molecule has 4 rings (SSSR count). The van der Waals surface area contributed by atoms with Gasteiger partial charge in [-0.1, -0.05) is 59.7 Å². The normalized spacial score (nSPS) is 20.6. The van der Waals surface area contributed by atoms with Gasteiger partial charge in [-0.25, -0.2) is 14.4 Å². The topological polar surface area (TPSA) is 137 Å². The molecular weight excluding hydrogens is 466 g/mol. The number of carbonyl (C=O) groups is 3. The van der Waals surface area contributed by atoms with E-state index in [1.165, 1.54) is 0 Å². The zero-order valence-electron chi connectivity index (χ0n) is 18.9. The van der Waals surface area contributed by atoms with Gasteiger partial charge in [0.2, 0.25) is 0 Å². The molecule has 0 radical (unpaired) electrons. The number of hydrogen-bond donors (Lipinski definition) is 0. The van der Waals surface area contributed by atoms with E-state index >= 15 is 0 Å². The van der Waals surface area contributed by atoms with E-state index in [-0.39, 0.29) is 17.7 Å². The van der Waals surface area contributed by atoms with E-state index in [1.54, 1.807) is 91.0 Å². The fraction of sp³-hybridized carbons (Fsp3) is 0.192. The van der Waals surface area contributed by atoms with E-state index in [4.69, 9.17) is 24.5 Å². The number of azide groups is 1. The lowest BCUT2D eigenvalue weighted by Gasteiger charge is -2.23. The molecule has 36 heavy (non-hydrogen) atoms. The van der Waals surface area contributed by atoms with Gasteiger partial charge < -0.3 is 18.9 Å². The molecule has 0 N–H and O–H groups in total. The summed E-state index contributed by atoms with van der Waals surface area (Å²) in [5.74, 6) is -2.08. The molecule has 10 nitrogen and oxygen atoms in total. The Balaban J connectivity index is 1.58. The minimum atomic E-state index is -1.32. The van der Waals surface area contributed by atoms with Gasteiger partial charge >= 0.3 is 17.9 Å². The highest BCUT2D eigenvalue weighted by Crippen LogP contribution is 2.30. The van der Waals surface area contributed by atoms with Crippen LogP contribution in [-0.4, -0.2) is 49.1 Å². The Labute approximate surface area is 206 Å². The number of nitrogens with zero attached hydrogens (tertiary/aromatic N) is 3. The molecule has 0 aliphatic carbocycles. The molecule has 1 fully saturated rings. The molecule has 182 valence electrons. The Morgan fingerprint density at radius 1 is 0.722 bits per heavy atom. The van der Waals surface area contributed by atoms with Crippen molar-refractivity contribution in [2.24, 2.45) is 5.11 Å². The smallest absolute Gasteiger partial charge is 0.338 e. The van der Waals surface area contributed by atoms with Gasteiger partial charge in [0, 0.05) is 4.91 Å². The largest absolute Gasteiger partial charge is 0.459 e. The highest BCUT2D eigenvalue weighted by Gasteiger charge is 2.50. The van der Waals surface area contributed by atoms with E-state index < -0.39 is 42.4 Å². The molecule has 0 unspecified atom stereocenters. The summed E-state index contributed by atoms with van der Waals surface area (Å²) in [4.78, 5) is 40.8.